The Balaban J connectivity index is 1.54. The fourth-order valence-corrected chi connectivity index (χ4v) is 4.16. The molecule has 120 valence electrons. The van der Waals surface area contributed by atoms with Crippen LogP contribution in [0.5, 0.6) is 0 Å². The van der Waals surface area contributed by atoms with Crippen LogP contribution in [0.15, 0.2) is 33.3 Å². The summed E-state index contributed by atoms with van der Waals surface area (Å²) in [6.45, 7) is 1.79. The maximum atomic E-state index is 12.4. The summed E-state index contributed by atoms with van der Waals surface area (Å²) in [5.74, 6) is 0.931. The number of carbonyl (C=O) groups is 1. The molecule has 0 saturated heterocycles. The number of hydrogen-bond donors (Lipinski definition) is 2. The lowest BCUT2D eigenvalue weighted by atomic mass is 9.79. The van der Waals surface area contributed by atoms with E-state index in [1.807, 2.05) is 0 Å². The highest BCUT2D eigenvalue weighted by Gasteiger charge is 2.40. The Labute approximate surface area is 142 Å². The lowest BCUT2D eigenvalue weighted by molar-refractivity contribution is 0.0912. The summed E-state index contributed by atoms with van der Waals surface area (Å²) in [5.41, 5.74) is 2.88. The van der Waals surface area contributed by atoms with Crippen molar-refractivity contribution in [3.63, 3.8) is 0 Å². The standard InChI is InChI=1S/C17H18BrN3O2/c1-9-7-15(21-23-9)17(22)20-14-4-2-3-11-12-8-10(18)5-6-13(12)19-16(11)14/h5-8,11,14,16,19H,2-4H2,1H3,(H,20,22). The molecule has 0 spiro atoms. The summed E-state index contributed by atoms with van der Waals surface area (Å²) in [6, 6.07) is 8.36. The van der Waals surface area contributed by atoms with E-state index >= 15 is 0 Å². The Morgan fingerprint density at radius 2 is 2.26 bits per heavy atom. The van der Waals surface area contributed by atoms with Gasteiger partial charge < -0.3 is 15.2 Å². The molecule has 23 heavy (non-hydrogen) atoms. The third kappa shape index (κ3) is 2.65. The van der Waals surface area contributed by atoms with E-state index in [1.165, 1.54) is 11.3 Å². The quantitative estimate of drug-likeness (QED) is 0.841. The predicted molar refractivity (Wildman–Crippen MR) is 90.6 cm³/mol. The van der Waals surface area contributed by atoms with E-state index in [2.05, 4.69) is 49.9 Å². The molecule has 1 saturated carbocycles. The normalized spacial score (nSPS) is 25.4. The molecule has 3 atom stereocenters. The smallest absolute Gasteiger partial charge is 0.273 e. The Morgan fingerprint density at radius 3 is 3.04 bits per heavy atom. The van der Waals surface area contributed by atoms with Crippen LogP contribution in [0.2, 0.25) is 0 Å². The molecule has 5 nitrogen and oxygen atoms in total. The van der Waals surface area contributed by atoms with Gasteiger partial charge in [0.15, 0.2) is 5.69 Å². The second kappa shape index (κ2) is 5.67. The van der Waals surface area contributed by atoms with Crippen molar-refractivity contribution in [1.82, 2.24) is 10.5 Å². The summed E-state index contributed by atoms with van der Waals surface area (Å²) < 4.78 is 6.09. The highest BCUT2D eigenvalue weighted by molar-refractivity contribution is 9.10. The maximum Gasteiger partial charge on any atom is 0.273 e. The molecule has 2 aliphatic rings. The van der Waals surface area contributed by atoms with Gasteiger partial charge in [-0.3, -0.25) is 4.79 Å². The molecule has 1 aliphatic heterocycles. The van der Waals surface area contributed by atoms with Crippen molar-refractivity contribution >= 4 is 27.5 Å². The van der Waals surface area contributed by atoms with Gasteiger partial charge in [-0.05, 0) is 43.5 Å². The minimum absolute atomic E-state index is 0.101. The third-order valence-corrected chi connectivity index (χ3v) is 5.30. The van der Waals surface area contributed by atoms with E-state index in [4.69, 9.17) is 4.52 Å². The number of nitrogens with one attached hydrogen (secondary N) is 2. The Kier molecular flexibility index (Phi) is 3.64. The number of benzene rings is 1. The lowest BCUT2D eigenvalue weighted by Crippen LogP contribution is -2.49. The number of fused-ring (bicyclic) bond motifs is 3. The zero-order valence-electron chi connectivity index (χ0n) is 12.8. The van der Waals surface area contributed by atoms with Gasteiger partial charge in [-0.25, -0.2) is 0 Å². The number of amides is 1. The Morgan fingerprint density at radius 1 is 1.39 bits per heavy atom. The number of carbonyl (C=O) groups excluding carboxylic acids is 1. The SMILES string of the molecule is Cc1cc(C(=O)NC2CCCC3c4cc(Br)ccc4NC23)no1. The van der Waals surface area contributed by atoms with E-state index in [9.17, 15) is 4.79 Å². The van der Waals surface area contributed by atoms with Crippen molar-refractivity contribution in [2.75, 3.05) is 5.32 Å². The molecule has 1 fully saturated rings. The second-order valence-electron chi connectivity index (χ2n) is 6.34. The van der Waals surface area contributed by atoms with Crippen LogP contribution in [0.1, 0.15) is 47.0 Å². The van der Waals surface area contributed by atoms with E-state index < -0.39 is 0 Å². The molecule has 0 radical (unpaired) electrons. The van der Waals surface area contributed by atoms with Crippen molar-refractivity contribution in [2.45, 2.75) is 44.2 Å². The molecule has 2 N–H and O–H groups in total. The molecule has 6 heteroatoms. The van der Waals surface area contributed by atoms with Crippen LogP contribution >= 0.6 is 15.9 Å². The summed E-state index contributed by atoms with van der Waals surface area (Å²) in [6.07, 6.45) is 3.24. The number of aromatic nitrogens is 1. The minimum atomic E-state index is -0.161. The van der Waals surface area contributed by atoms with E-state index in [0.29, 0.717) is 17.4 Å². The fourth-order valence-electron chi connectivity index (χ4n) is 3.78. The van der Waals surface area contributed by atoms with Gasteiger partial charge in [-0.1, -0.05) is 27.5 Å². The summed E-state index contributed by atoms with van der Waals surface area (Å²) in [5, 5.41) is 10.5. The molecule has 0 bridgehead atoms. The van der Waals surface area contributed by atoms with Crippen LogP contribution < -0.4 is 10.6 Å². The van der Waals surface area contributed by atoms with Crippen LogP contribution in [-0.4, -0.2) is 23.1 Å². The van der Waals surface area contributed by atoms with Gasteiger partial charge in [0.25, 0.3) is 5.91 Å². The van der Waals surface area contributed by atoms with Gasteiger partial charge in [0.05, 0.1) is 6.04 Å². The fraction of sp³-hybridized carbons (Fsp3) is 0.412. The molecular formula is C17H18BrN3O2. The van der Waals surface area contributed by atoms with Gasteiger partial charge >= 0.3 is 0 Å². The average Bonchev–Trinajstić information content (AvgIpc) is 3.12. The first-order chi connectivity index (χ1) is 11.1. The lowest BCUT2D eigenvalue weighted by Gasteiger charge is -2.34. The average molecular weight is 376 g/mol. The van der Waals surface area contributed by atoms with Crippen LogP contribution in [0.4, 0.5) is 5.69 Å². The molecule has 3 unspecified atom stereocenters. The van der Waals surface area contributed by atoms with E-state index in [1.54, 1.807) is 13.0 Å². The van der Waals surface area contributed by atoms with Crippen molar-refractivity contribution in [3.8, 4) is 0 Å². The Bertz CT molecular complexity index is 758. The van der Waals surface area contributed by atoms with Crippen LogP contribution in [0, 0.1) is 6.92 Å². The summed E-state index contributed by atoms with van der Waals surface area (Å²) in [7, 11) is 0. The van der Waals surface area contributed by atoms with Crippen molar-refractivity contribution in [3.05, 3.63) is 45.8 Å². The molecule has 2 aromatic rings. The predicted octanol–water partition coefficient (Wildman–Crippen LogP) is 3.61. The van der Waals surface area contributed by atoms with Gasteiger partial charge in [0, 0.05) is 28.2 Å². The number of halogens is 1. The van der Waals surface area contributed by atoms with Crippen molar-refractivity contribution in [1.29, 1.82) is 0 Å². The first-order valence-electron chi connectivity index (χ1n) is 7.92. The number of hydrogen-bond acceptors (Lipinski definition) is 4. The summed E-state index contributed by atoms with van der Waals surface area (Å²) >= 11 is 3.55. The minimum Gasteiger partial charge on any atom is -0.379 e. The van der Waals surface area contributed by atoms with Gasteiger partial charge in [0.2, 0.25) is 0 Å². The van der Waals surface area contributed by atoms with E-state index in [-0.39, 0.29) is 18.0 Å². The van der Waals surface area contributed by atoms with Gasteiger partial charge in [-0.2, -0.15) is 0 Å². The number of nitrogens with zero attached hydrogens (tertiary/aromatic N) is 1. The van der Waals surface area contributed by atoms with Gasteiger partial charge in [-0.15, -0.1) is 0 Å². The second-order valence-corrected chi connectivity index (χ2v) is 7.26. The molecule has 1 aromatic carbocycles. The summed E-state index contributed by atoms with van der Waals surface area (Å²) in [4.78, 5) is 12.4. The van der Waals surface area contributed by atoms with Crippen LogP contribution in [0.25, 0.3) is 0 Å². The van der Waals surface area contributed by atoms with Crippen LogP contribution in [-0.2, 0) is 0 Å². The number of anilines is 1. The van der Waals surface area contributed by atoms with E-state index in [0.717, 1.165) is 23.7 Å². The van der Waals surface area contributed by atoms with Crippen molar-refractivity contribution in [2.24, 2.45) is 0 Å². The monoisotopic (exact) mass is 375 g/mol. The molecule has 1 amide bonds. The van der Waals surface area contributed by atoms with Gasteiger partial charge in [0.1, 0.15) is 5.76 Å². The highest BCUT2D eigenvalue weighted by atomic mass is 79.9. The molecule has 1 aliphatic carbocycles. The first kappa shape index (κ1) is 14.8. The topological polar surface area (TPSA) is 67.2 Å². The largest absolute Gasteiger partial charge is 0.379 e. The molecule has 2 heterocycles. The number of aryl methyl sites for hydroxylation is 1. The molecule has 1 aromatic heterocycles. The highest BCUT2D eigenvalue weighted by Crippen LogP contribution is 2.44. The Hall–Kier alpha value is -1.82. The molecular weight excluding hydrogens is 358 g/mol. The first-order valence-corrected chi connectivity index (χ1v) is 8.71. The third-order valence-electron chi connectivity index (χ3n) is 4.81. The number of rotatable bonds is 2. The van der Waals surface area contributed by atoms with Crippen LogP contribution in [0.3, 0.4) is 0 Å². The zero-order valence-corrected chi connectivity index (χ0v) is 14.4. The molecule has 4 rings (SSSR count). The maximum absolute atomic E-state index is 12.4. The zero-order chi connectivity index (χ0) is 16.0. The van der Waals surface area contributed by atoms with Crippen molar-refractivity contribution < 1.29 is 9.32 Å².